The highest BCUT2D eigenvalue weighted by Crippen LogP contribution is 2.21. The van der Waals surface area contributed by atoms with Gasteiger partial charge in [0, 0.05) is 0 Å². The van der Waals surface area contributed by atoms with Crippen LogP contribution in [0.1, 0.15) is 27.2 Å². The summed E-state index contributed by atoms with van der Waals surface area (Å²) in [4.78, 5) is 0. The quantitative estimate of drug-likeness (QED) is 0.404. The second-order valence-corrected chi connectivity index (χ2v) is 8.85. The Balaban J connectivity index is 3.29. The van der Waals surface area contributed by atoms with Gasteiger partial charge in [-0.25, -0.2) is 0 Å². The van der Waals surface area contributed by atoms with Crippen molar-refractivity contribution in [2.75, 3.05) is 0 Å². The number of halogens is 1. The Hall–Kier alpha value is 0.947. The summed E-state index contributed by atoms with van der Waals surface area (Å²) < 4.78 is 0. The minimum Gasteiger partial charge on any atom is -0.121 e. The molecule has 0 heterocycles. The van der Waals surface area contributed by atoms with Crippen molar-refractivity contribution in [2.24, 2.45) is 0 Å². The zero-order chi connectivity index (χ0) is 6.57. The van der Waals surface area contributed by atoms with Crippen molar-refractivity contribution < 1.29 is 0 Å². The van der Waals surface area contributed by atoms with Crippen molar-refractivity contribution in [2.45, 2.75) is 38.8 Å². The SMILES string of the molecule is CCC(C)[Si](I)CC. The molecular formula is C6H14ISi. The lowest BCUT2D eigenvalue weighted by Gasteiger charge is -2.10. The van der Waals surface area contributed by atoms with Crippen LogP contribution in [0.25, 0.3) is 0 Å². The van der Waals surface area contributed by atoms with E-state index in [1.54, 1.807) is 0 Å². The summed E-state index contributed by atoms with van der Waals surface area (Å²) in [7, 11) is 0. The highest BCUT2D eigenvalue weighted by Gasteiger charge is 2.10. The number of rotatable bonds is 3. The van der Waals surface area contributed by atoms with Crippen LogP contribution in [0.4, 0.5) is 0 Å². The van der Waals surface area contributed by atoms with Crippen molar-refractivity contribution in [3.05, 3.63) is 0 Å². The Labute approximate surface area is 66.9 Å². The Morgan fingerprint density at radius 1 is 1.50 bits per heavy atom. The molecule has 0 aliphatic carbocycles. The predicted octanol–water partition coefficient (Wildman–Crippen LogP) is 3.23. The van der Waals surface area contributed by atoms with Crippen LogP contribution in [0.2, 0.25) is 11.6 Å². The van der Waals surface area contributed by atoms with Crippen molar-refractivity contribution in [3.63, 3.8) is 0 Å². The molecule has 1 radical (unpaired) electrons. The molecule has 1 unspecified atom stereocenters. The molecule has 0 saturated carbocycles. The summed E-state index contributed by atoms with van der Waals surface area (Å²) in [6.07, 6.45) is 1.38. The van der Waals surface area contributed by atoms with Crippen LogP contribution in [0.5, 0.6) is 0 Å². The van der Waals surface area contributed by atoms with Gasteiger partial charge in [0.15, 0.2) is 0 Å². The van der Waals surface area contributed by atoms with E-state index in [-0.39, 0.29) is 6.29 Å². The van der Waals surface area contributed by atoms with Crippen LogP contribution >= 0.6 is 21.8 Å². The Morgan fingerprint density at radius 2 is 2.00 bits per heavy atom. The maximum absolute atomic E-state index is 2.63. The molecule has 0 saturated heterocycles. The zero-order valence-electron chi connectivity index (χ0n) is 5.87. The topological polar surface area (TPSA) is 0 Å². The minimum absolute atomic E-state index is 0.0124. The van der Waals surface area contributed by atoms with Crippen LogP contribution < -0.4 is 0 Å². The van der Waals surface area contributed by atoms with E-state index >= 15 is 0 Å². The van der Waals surface area contributed by atoms with Gasteiger partial charge in [0.1, 0.15) is 6.29 Å². The molecule has 0 bridgehead atoms. The lowest BCUT2D eigenvalue weighted by Crippen LogP contribution is -2.06. The van der Waals surface area contributed by atoms with E-state index in [0.717, 1.165) is 5.54 Å². The molecule has 0 aliphatic heterocycles. The first kappa shape index (κ1) is 8.95. The van der Waals surface area contributed by atoms with Crippen LogP contribution in [0.3, 0.4) is 0 Å². The summed E-state index contributed by atoms with van der Waals surface area (Å²) >= 11 is 2.63. The molecule has 0 fully saturated rings. The summed E-state index contributed by atoms with van der Waals surface area (Å²) in [6.45, 7) is 6.95. The lowest BCUT2D eigenvalue weighted by atomic mass is 10.4. The third-order valence-electron chi connectivity index (χ3n) is 1.48. The molecule has 8 heavy (non-hydrogen) atoms. The largest absolute Gasteiger partial charge is 0.132 e. The lowest BCUT2D eigenvalue weighted by molar-refractivity contribution is 0.864. The van der Waals surface area contributed by atoms with Gasteiger partial charge < -0.3 is 0 Å². The first-order valence-corrected chi connectivity index (χ1v) is 8.13. The average Bonchev–Trinajstić information content (AvgIpc) is 1.84. The van der Waals surface area contributed by atoms with Crippen molar-refractivity contribution in [3.8, 4) is 0 Å². The predicted molar refractivity (Wildman–Crippen MR) is 50.0 cm³/mol. The van der Waals surface area contributed by atoms with Crippen LogP contribution in [-0.2, 0) is 0 Å². The average molecular weight is 241 g/mol. The Morgan fingerprint density at radius 3 is 2.12 bits per heavy atom. The molecule has 0 aromatic rings. The first-order valence-electron chi connectivity index (χ1n) is 3.23. The van der Waals surface area contributed by atoms with Gasteiger partial charge in [-0.05, 0) is 5.54 Å². The number of hydrogen-bond donors (Lipinski definition) is 0. The molecular weight excluding hydrogens is 227 g/mol. The maximum atomic E-state index is 2.63. The fourth-order valence-corrected chi connectivity index (χ4v) is 3.03. The van der Waals surface area contributed by atoms with Crippen molar-refractivity contribution >= 4 is 28.1 Å². The van der Waals surface area contributed by atoms with Gasteiger partial charge in [-0.3, -0.25) is 0 Å². The normalized spacial score (nSPS) is 14.6. The summed E-state index contributed by atoms with van der Waals surface area (Å²) in [5.74, 6) is 0. The molecule has 0 amide bonds. The van der Waals surface area contributed by atoms with E-state index < -0.39 is 0 Å². The van der Waals surface area contributed by atoms with Gasteiger partial charge in [-0.2, -0.15) is 0 Å². The maximum Gasteiger partial charge on any atom is 0.132 e. The Kier molecular flexibility index (Phi) is 5.36. The highest BCUT2D eigenvalue weighted by molar-refractivity contribution is 14.1. The molecule has 2 heteroatoms. The molecule has 0 nitrogen and oxygen atoms in total. The molecule has 1 atom stereocenters. The summed E-state index contributed by atoms with van der Waals surface area (Å²) in [6, 6.07) is 1.42. The second-order valence-electron chi connectivity index (χ2n) is 2.11. The zero-order valence-corrected chi connectivity index (χ0v) is 9.03. The standard InChI is InChI=1S/C6H14ISi/c1-4-6(3)8(7)5-2/h6H,4-5H2,1-3H3. The van der Waals surface area contributed by atoms with E-state index in [2.05, 4.69) is 42.6 Å². The third kappa shape index (κ3) is 3.07. The Bertz CT molecular complexity index is 48.5. The van der Waals surface area contributed by atoms with Gasteiger partial charge in [-0.1, -0.05) is 33.2 Å². The second kappa shape index (κ2) is 4.79. The van der Waals surface area contributed by atoms with E-state index in [4.69, 9.17) is 0 Å². The molecule has 49 valence electrons. The van der Waals surface area contributed by atoms with Gasteiger partial charge in [0.2, 0.25) is 0 Å². The molecule has 0 N–H and O–H groups in total. The van der Waals surface area contributed by atoms with E-state index in [9.17, 15) is 0 Å². The van der Waals surface area contributed by atoms with E-state index in [1.165, 1.54) is 12.5 Å². The fourth-order valence-electron chi connectivity index (χ4n) is 0.570. The third-order valence-corrected chi connectivity index (χ3v) is 9.12. The van der Waals surface area contributed by atoms with Crippen LogP contribution in [-0.4, -0.2) is 6.29 Å². The monoisotopic (exact) mass is 241 g/mol. The summed E-state index contributed by atoms with van der Waals surface area (Å²) in [5, 5.41) is 0. The highest BCUT2D eigenvalue weighted by atomic mass is 127. The number of hydrogen-bond acceptors (Lipinski definition) is 0. The fraction of sp³-hybridized carbons (Fsp3) is 1.00. The smallest absolute Gasteiger partial charge is 0.121 e. The minimum atomic E-state index is 0.0124. The van der Waals surface area contributed by atoms with Gasteiger partial charge in [0.05, 0.1) is 0 Å². The van der Waals surface area contributed by atoms with Crippen molar-refractivity contribution in [1.29, 1.82) is 0 Å². The molecule has 0 aromatic heterocycles. The molecule has 0 aromatic carbocycles. The molecule has 0 spiro atoms. The van der Waals surface area contributed by atoms with Crippen molar-refractivity contribution in [1.82, 2.24) is 0 Å². The molecule has 0 aliphatic rings. The van der Waals surface area contributed by atoms with Crippen LogP contribution in [0, 0.1) is 0 Å². The first-order chi connectivity index (χ1) is 3.72. The molecule has 0 rings (SSSR count). The summed E-state index contributed by atoms with van der Waals surface area (Å²) in [5.41, 5.74) is 1.01. The van der Waals surface area contributed by atoms with Gasteiger partial charge >= 0.3 is 0 Å². The van der Waals surface area contributed by atoms with Gasteiger partial charge in [-0.15, -0.1) is 21.8 Å². The van der Waals surface area contributed by atoms with E-state index in [1.807, 2.05) is 0 Å². The van der Waals surface area contributed by atoms with Gasteiger partial charge in [0.25, 0.3) is 0 Å². The van der Waals surface area contributed by atoms with Crippen LogP contribution in [0.15, 0.2) is 0 Å². The van der Waals surface area contributed by atoms with E-state index in [0.29, 0.717) is 0 Å².